The number of unbranched alkanes of at least 4 members (excludes halogenated alkanes) is 9. The van der Waals surface area contributed by atoms with E-state index in [-0.39, 0.29) is 43.7 Å². The quantitative estimate of drug-likeness (QED) is 0.0145. The highest BCUT2D eigenvalue weighted by molar-refractivity contribution is 6.18. The number of aryl methyl sites for hydroxylation is 1. The van der Waals surface area contributed by atoms with Gasteiger partial charge in [0.05, 0.1) is 37.0 Å². The summed E-state index contributed by atoms with van der Waals surface area (Å²) in [6.45, 7) is 2.81. The smallest absolute Gasteiger partial charge is 0.481 e. The van der Waals surface area contributed by atoms with E-state index in [1.807, 2.05) is 10.6 Å². The summed E-state index contributed by atoms with van der Waals surface area (Å²) in [7, 11) is 0. The number of aliphatic hydroxyl groups excluding tert-OH is 4. The number of nitrogens with two attached hydrogens (primary N) is 2. The van der Waals surface area contributed by atoms with Gasteiger partial charge in [-0.05, 0) is 72.4 Å². The van der Waals surface area contributed by atoms with Gasteiger partial charge < -0.3 is 114 Å². The summed E-state index contributed by atoms with van der Waals surface area (Å²) >= 11 is 5.88. The predicted molar refractivity (Wildman–Crippen MR) is 326 cm³/mol. The molecule has 530 valence electrons. The number of carboxylic acid groups (broad SMARTS) is 2. The van der Waals surface area contributed by atoms with Crippen LogP contribution in [0.4, 0.5) is 4.79 Å². The number of carboxylic acids is 2. The van der Waals surface area contributed by atoms with Crippen LogP contribution in [-0.4, -0.2) is 213 Å². The lowest BCUT2D eigenvalue weighted by molar-refractivity contribution is -0.155. The van der Waals surface area contributed by atoms with Crippen molar-refractivity contribution in [1.29, 1.82) is 0 Å². The van der Waals surface area contributed by atoms with Gasteiger partial charge in [0.2, 0.25) is 47.3 Å². The van der Waals surface area contributed by atoms with Crippen molar-refractivity contribution >= 4 is 88.8 Å². The van der Waals surface area contributed by atoms with E-state index in [1.54, 1.807) is 0 Å². The summed E-state index contributed by atoms with van der Waals surface area (Å²) in [5.41, 5.74) is 10.7. The SMILES string of the molecule is C/C=C1\NC(=O)[C@H]([C@H](C)O)NC(=O)[C@H](CCNC(=O)OCc2oc(=O)oc2C)NC(=O)[C@H](CCCCN)NC(=O)[C@H](CC(=O)O)NC(=O)[C@@H](CCN)NC(=O)[C@@H](NC(=O)C[C@H](O)CCCCCCCCCCC)COC(=O)[C@H]([C@H](O)CCl)NC(=O)[C@H]([C@H](O)C(=O)O)NC1=O. The van der Waals surface area contributed by atoms with E-state index in [0.717, 1.165) is 71.3 Å². The fraction of sp³-hybridized carbons (Fsp3) is 0.684. The van der Waals surface area contributed by atoms with E-state index in [2.05, 4.69) is 49.5 Å². The molecule has 12 atom stereocenters. The normalized spacial score (nSPS) is 22.9. The van der Waals surface area contributed by atoms with Crippen molar-refractivity contribution < 1.29 is 111 Å². The van der Waals surface area contributed by atoms with Gasteiger partial charge in [0, 0.05) is 6.54 Å². The van der Waals surface area contributed by atoms with Crippen LogP contribution >= 0.6 is 11.6 Å². The second-order valence-electron chi connectivity index (χ2n) is 22.0. The summed E-state index contributed by atoms with van der Waals surface area (Å²) in [6, 6.07) is -16.6. The second kappa shape index (κ2) is 43.6. The summed E-state index contributed by atoms with van der Waals surface area (Å²) in [6.07, 6.45) is -2.70. The van der Waals surface area contributed by atoms with Crippen molar-refractivity contribution in [3.05, 3.63) is 33.9 Å². The molecular formula is C57H91ClN12O24. The number of hydrogen-bond acceptors (Lipinski definition) is 24. The topological polar surface area (TPSA) is 577 Å². The Bertz CT molecular complexity index is 2800. The molecular weight excluding hydrogens is 1270 g/mol. The van der Waals surface area contributed by atoms with Crippen LogP contribution in [-0.2, 0) is 73.6 Å². The number of esters is 1. The van der Waals surface area contributed by atoms with Crippen molar-refractivity contribution in [1.82, 2.24) is 53.2 Å². The lowest BCUT2D eigenvalue weighted by atomic mass is 10.0. The lowest BCUT2D eigenvalue weighted by Gasteiger charge is -2.29. The van der Waals surface area contributed by atoms with Gasteiger partial charge in [-0.3, -0.25) is 47.9 Å². The first-order chi connectivity index (χ1) is 44.5. The number of carbonyl (C=O) groups excluding carboxylic acids is 11. The monoisotopic (exact) mass is 1360 g/mol. The van der Waals surface area contributed by atoms with Crippen LogP contribution in [0.1, 0.15) is 141 Å². The highest BCUT2D eigenvalue weighted by Crippen LogP contribution is 2.15. The van der Waals surface area contributed by atoms with Gasteiger partial charge in [0.25, 0.3) is 5.91 Å². The van der Waals surface area contributed by atoms with E-state index >= 15 is 0 Å². The molecule has 94 heavy (non-hydrogen) atoms. The minimum absolute atomic E-state index is 0.0211. The van der Waals surface area contributed by atoms with E-state index in [0.29, 0.717) is 6.42 Å². The van der Waals surface area contributed by atoms with Crippen molar-refractivity contribution in [2.45, 2.75) is 216 Å². The van der Waals surface area contributed by atoms with Crippen molar-refractivity contribution in [2.24, 2.45) is 11.5 Å². The summed E-state index contributed by atoms with van der Waals surface area (Å²) in [5, 5.41) is 84.9. The average molecular weight is 1360 g/mol. The standard InChI is InChI=1S/C57H91ClN12O24/c1-5-7-8-9-10-11-12-13-14-17-31(72)24-40(74)62-37-27-91-55(88)43(38(73)26-58)69-53(85)44(45(77)54(86)87)70-46(78)32(6-2)63-52(84)42(29(3)71)68-49(81)35(20-23-61-56(89)92-28-39-30(4)93-57(90)94-39)66-47(79)33(18-15-16-21-59)64-50(82)36(25-41(75)76)67-48(80)34(19-22-60)65-51(37)83/h6,29,31,33-38,42-45,71-73,77H,5,7-28,59-60H2,1-4H3,(H,61,89)(H,62,74)(H,63,84)(H,64,82)(H,65,83)(H,66,79)(H,67,80)(H,68,81)(H,69,85)(H,70,78)(H,75,76)(H,86,87)/b32-6-/t29-,31+,33-,34+,35-,36-,37-,38+,42-,43-,44-,45-/m0/s1. The maximum Gasteiger partial charge on any atom is 0.519 e. The number of rotatable bonds is 31. The zero-order chi connectivity index (χ0) is 70.6. The maximum absolute atomic E-state index is 14.4. The van der Waals surface area contributed by atoms with Crippen LogP contribution in [0.15, 0.2) is 25.4 Å². The Morgan fingerprint density at radius 1 is 0.670 bits per heavy atom. The number of hydrogen-bond donors (Lipinski definition) is 18. The Morgan fingerprint density at radius 2 is 1.23 bits per heavy atom. The first-order valence-corrected chi connectivity index (χ1v) is 31.2. The zero-order valence-corrected chi connectivity index (χ0v) is 53.6. The Kier molecular flexibility index (Phi) is 37.9. The average Bonchev–Trinajstić information content (AvgIpc) is 1.15. The van der Waals surface area contributed by atoms with Gasteiger partial charge in [0.15, 0.2) is 30.3 Å². The van der Waals surface area contributed by atoms with Crippen molar-refractivity contribution in [3.63, 3.8) is 0 Å². The molecule has 37 heteroatoms. The molecule has 1 aliphatic heterocycles. The van der Waals surface area contributed by atoms with E-state index in [1.165, 1.54) is 6.92 Å². The molecule has 2 heterocycles. The van der Waals surface area contributed by atoms with Crippen LogP contribution in [0.25, 0.3) is 0 Å². The van der Waals surface area contributed by atoms with Crippen LogP contribution < -0.4 is 70.5 Å². The molecule has 1 aromatic heterocycles. The van der Waals surface area contributed by atoms with Crippen LogP contribution in [0, 0.1) is 6.92 Å². The number of cyclic esters (lactones) is 1. The molecule has 0 aromatic carbocycles. The second-order valence-corrected chi connectivity index (χ2v) is 22.3. The number of amides is 10. The van der Waals surface area contributed by atoms with E-state index < -0.39 is 219 Å². The molecule has 0 unspecified atom stereocenters. The molecule has 0 spiro atoms. The molecule has 36 nitrogen and oxygen atoms in total. The van der Waals surface area contributed by atoms with Gasteiger partial charge in [-0.25, -0.2) is 19.2 Å². The minimum atomic E-state index is -2.88. The third kappa shape index (κ3) is 29.8. The highest BCUT2D eigenvalue weighted by Gasteiger charge is 2.41. The molecule has 1 fully saturated rings. The van der Waals surface area contributed by atoms with E-state index in [9.17, 15) is 97.8 Å². The molecule has 20 N–H and O–H groups in total. The summed E-state index contributed by atoms with van der Waals surface area (Å²) in [4.78, 5) is 189. The minimum Gasteiger partial charge on any atom is -0.481 e. The number of aliphatic hydroxyl groups is 4. The summed E-state index contributed by atoms with van der Waals surface area (Å²) < 4.78 is 19.8. The highest BCUT2D eigenvalue weighted by atomic mass is 35.5. The number of alkyl carbamates (subject to hydrolysis) is 1. The number of alkyl halides is 1. The predicted octanol–water partition coefficient (Wildman–Crippen LogP) is -4.34. The van der Waals surface area contributed by atoms with Gasteiger partial charge in [-0.15, -0.1) is 11.6 Å². The molecule has 1 saturated heterocycles. The van der Waals surface area contributed by atoms with E-state index in [4.69, 9.17) is 41.4 Å². The van der Waals surface area contributed by atoms with Gasteiger partial charge in [-0.1, -0.05) is 70.8 Å². The van der Waals surface area contributed by atoms with Crippen LogP contribution in [0.5, 0.6) is 0 Å². The number of halogens is 1. The van der Waals surface area contributed by atoms with Crippen LogP contribution in [0.3, 0.4) is 0 Å². The Hall–Kier alpha value is -8.29. The molecule has 0 bridgehead atoms. The lowest BCUT2D eigenvalue weighted by Crippen LogP contribution is -2.62. The number of nitrogens with one attached hydrogen (secondary N) is 10. The first kappa shape index (κ1) is 81.8. The van der Waals surface area contributed by atoms with Crippen molar-refractivity contribution in [3.8, 4) is 0 Å². The maximum atomic E-state index is 14.4. The Labute approximate surface area is 545 Å². The Balaban J connectivity index is 2.81. The largest absolute Gasteiger partial charge is 0.519 e. The zero-order valence-electron chi connectivity index (χ0n) is 52.8. The fourth-order valence-electron chi connectivity index (χ4n) is 9.07. The molecule has 0 radical (unpaired) electrons. The number of carbonyl (C=O) groups is 13. The number of aliphatic carboxylic acids is 2. The fourth-order valence-corrected chi connectivity index (χ4v) is 9.25. The molecule has 0 saturated carbocycles. The number of allylic oxidation sites excluding steroid dienone is 1. The molecule has 10 amide bonds. The van der Waals surface area contributed by atoms with Crippen LogP contribution in [0.2, 0.25) is 0 Å². The third-order valence-corrected chi connectivity index (χ3v) is 14.7. The Morgan fingerprint density at radius 3 is 1.79 bits per heavy atom. The first-order valence-electron chi connectivity index (χ1n) is 30.7. The molecule has 1 aliphatic rings. The number of ether oxygens (including phenoxy) is 2. The van der Waals surface area contributed by atoms with Gasteiger partial charge >= 0.3 is 29.8 Å². The molecule has 1 aromatic rings. The van der Waals surface area contributed by atoms with Gasteiger partial charge in [-0.2, -0.15) is 0 Å². The van der Waals surface area contributed by atoms with Gasteiger partial charge in [0.1, 0.15) is 54.6 Å². The third-order valence-electron chi connectivity index (χ3n) is 14.4. The summed E-state index contributed by atoms with van der Waals surface area (Å²) in [5.74, 6) is -19.9. The van der Waals surface area contributed by atoms with Crippen molar-refractivity contribution in [2.75, 3.05) is 32.1 Å². The molecule has 2 rings (SSSR count). The molecule has 0 aliphatic carbocycles.